The summed E-state index contributed by atoms with van der Waals surface area (Å²) in [6, 6.07) is 5.37. The molecule has 1 aromatic carbocycles. The van der Waals surface area contributed by atoms with E-state index in [1.807, 2.05) is 33.8 Å². The maximum atomic E-state index is 13.0. The van der Waals surface area contributed by atoms with Crippen LogP contribution in [0.2, 0.25) is 5.02 Å². The van der Waals surface area contributed by atoms with E-state index in [9.17, 15) is 9.59 Å². The molecule has 21 heavy (non-hydrogen) atoms. The van der Waals surface area contributed by atoms with E-state index < -0.39 is 5.41 Å². The van der Waals surface area contributed by atoms with E-state index in [2.05, 4.69) is 0 Å². The van der Waals surface area contributed by atoms with Crippen LogP contribution in [0.15, 0.2) is 18.2 Å². The van der Waals surface area contributed by atoms with Crippen molar-refractivity contribution in [2.45, 2.75) is 40.5 Å². The van der Waals surface area contributed by atoms with E-state index in [1.54, 1.807) is 12.1 Å². The number of imide groups is 1. The molecule has 2 atom stereocenters. The van der Waals surface area contributed by atoms with Gasteiger partial charge in [-0.25, -0.2) is 4.90 Å². The quantitative estimate of drug-likeness (QED) is 0.736. The number of aryl methyl sites for hydroxylation is 1. The lowest BCUT2D eigenvalue weighted by atomic mass is 9.62. The van der Waals surface area contributed by atoms with Crippen LogP contribution >= 0.6 is 11.6 Å². The fourth-order valence-corrected chi connectivity index (χ4v) is 3.96. The Morgan fingerprint density at radius 1 is 1.24 bits per heavy atom. The van der Waals surface area contributed by atoms with Crippen molar-refractivity contribution in [2.24, 2.45) is 16.7 Å². The van der Waals surface area contributed by atoms with Gasteiger partial charge in [0.2, 0.25) is 11.8 Å². The maximum absolute atomic E-state index is 13.0. The van der Waals surface area contributed by atoms with E-state index in [-0.39, 0.29) is 23.1 Å². The van der Waals surface area contributed by atoms with Gasteiger partial charge in [-0.1, -0.05) is 38.4 Å². The number of rotatable bonds is 1. The number of hydrogen-bond donors (Lipinski definition) is 0. The number of carbonyl (C=O) groups is 2. The predicted octanol–water partition coefficient (Wildman–Crippen LogP) is 3.96. The predicted molar refractivity (Wildman–Crippen MR) is 83.3 cm³/mol. The third-order valence-electron chi connectivity index (χ3n) is 5.83. The summed E-state index contributed by atoms with van der Waals surface area (Å²) >= 11 is 6.16. The fraction of sp³-hybridized carbons (Fsp3) is 0.529. The average molecular weight is 306 g/mol. The molecule has 1 saturated heterocycles. The molecule has 1 aliphatic heterocycles. The number of halogens is 1. The number of carbonyl (C=O) groups excluding carboxylic acids is 2. The van der Waals surface area contributed by atoms with Gasteiger partial charge in [-0.15, -0.1) is 0 Å². The van der Waals surface area contributed by atoms with E-state index in [1.165, 1.54) is 4.90 Å². The first-order chi connectivity index (χ1) is 9.70. The Morgan fingerprint density at radius 2 is 1.90 bits per heavy atom. The zero-order valence-corrected chi connectivity index (χ0v) is 13.6. The molecule has 1 heterocycles. The number of benzene rings is 1. The molecule has 2 fully saturated rings. The lowest BCUT2D eigenvalue weighted by Gasteiger charge is -2.47. The summed E-state index contributed by atoms with van der Waals surface area (Å²) in [5.74, 6) is -0.272. The molecule has 1 aromatic rings. The summed E-state index contributed by atoms with van der Waals surface area (Å²) in [5.41, 5.74) is 0.760. The standard InChI is InChI=1S/C17H20ClNO2/c1-10-5-6-11(9-13(10)18)19-14(20)12-7-8-17(4,15(19)21)16(12,2)3/h5-6,9,12H,7-8H2,1-4H3. The van der Waals surface area contributed by atoms with Crippen LogP contribution < -0.4 is 4.90 Å². The number of fused-ring (bicyclic) bond motifs is 2. The molecule has 0 radical (unpaired) electrons. The molecule has 3 nitrogen and oxygen atoms in total. The van der Waals surface area contributed by atoms with Crippen LogP contribution in [-0.4, -0.2) is 11.8 Å². The molecule has 3 rings (SSSR count). The van der Waals surface area contributed by atoms with Crippen LogP contribution in [0, 0.1) is 23.7 Å². The molecule has 2 aliphatic rings. The first-order valence-corrected chi connectivity index (χ1v) is 7.72. The van der Waals surface area contributed by atoms with Crippen LogP contribution in [0.3, 0.4) is 0 Å². The highest BCUT2D eigenvalue weighted by molar-refractivity contribution is 6.32. The van der Waals surface area contributed by atoms with Crippen LogP contribution in [0.25, 0.3) is 0 Å². The van der Waals surface area contributed by atoms with Crippen molar-refractivity contribution in [1.82, 2.24) is 0 Å². The summed E-state index contributed by atoms with van der Waals surface area (Å²) < 4.78 is 0. The number of piperidine rings is 1. The highest BCUT2D eigenvalue weighted by Crippen LogP contribution is 2.60. The van der Waals surface area contributed by atoms with Crippen LogP contribution in [0.4, 0.5) is 5.69 Å². The molecule has 2 unspecified atom stereocenters. The van der Waals surface area contributed by atoms with Crippen molar-refractivity contribution in [3.05, 3.63) is 28.8 Å². The zero-order chi connectivity index (χ0) is 15.6. The van der Waals surface area contributed by atoms with Crippen molar-refractivity contribution in [3.63, 3.8) is 0 Å². The van der Waals surface area contributed by atoms with E-state index in [4.69, 9.17) is 11.6 Å². The van der Waals surface area contributed by atoms with Crippen LogP contribution in [0.1, 0.15) is 39.2 Å². The smallest absolute Gasteiger partial charge is 0.240 e. The molecule has 1 aliphatic carbocycles. The Kier molecular flexibility index (Phi) is 3.00. The highest BCUT2D eigenvalue weighted by atomic mass is 35.5. The third-order valence-corrected chi connectivity index (χ3v) is 6.24. The van der Waals surface area contributed by atoms with Gasteiger partial charge in [0.1, 0.15) is 0 Å². The van der Waals surface area contributed by atoms with Gasteiger partial charge in [0.15, 0.2) is 0 Å². The number of hydrogen-bond acceptors (Lipinski definition) is 2. The molecule has 0 aromatic heterocycles. The molecular weight excluding hydrogens is 286 g/mol. The van der Waals surface area contributed by atoms with Gasteiger partial charge in [0, 0.05) is 10.9 Å². The van der Waals surface area contributed by atoms with Crippen molar-refractivity contribution in [1.29, 1.82) is 0 Å². The van der Waals surface area contributed by atoms with Crippen molar-refractivity contribution in [3.8, 4) is 0 Å². The molecule has 2 bridgehead atoms. The molecule has 4 heteroatoms. The summed E-state index contributed by atoms with van der Waals surface area (Å²) in [6.45, 7) is 7.98. The van der Waals surface area contributed by atoms with E-state index >= 15 is 0 Å². The SMILES string of the molecule is Cc1ccc(N2C(=O)C3CCC(C)(C2=O)C3(C)C)cc1Cl. The molecule has 0 spiro atoms. The van der Waals surface area contributed by atoms with Crippen molar-refractivity contribution >= 4 is 29.1 Å². The normalized spacial score (nSPS) is 30.9. The van der Waals surface area contributed by atoms with Gasteiger partial charge in [0.05, 0.1) is 11.1 Å². The minimum atomic E-state index is -0.483. The molecule has 112 valence electrons. The lowest BCUT2D eigenvalue weighted by Crippen LogP contribution is -2.59. The summed E-state index contributed by atoms with van der Waals surface area (Å²) in [5, 5.41) is 0.579. The Hall–Kier alpha value is -1.35. The number of nitrogens with zero attached hydrogens (tertiary/aromatic N) is 1. The summed E-state index contributed by atoms with van der Waals surface area (Å²) in [6.07, 6.45) is 1.55. The first kappa shape index (κ1) is 14.6. The van der Waals surface area contributed by atoms with Crippen molar-refractivity contribution < 1.29 is 9.59 Å². The van der Waals surface area contributed by atoms with Crippen LogP contribution in [0.5, 0.6) is 0 Å². The molecule has 1 saturated carbocycles. The van der Waals surface area contributed by atoms with E-state index in [0.717, 1.165) is 18.4 Å². The second kappa shape index (κ2) is 4.33. The largest absolute Gasteiger partial charge is 0.274 e. The second-order valence-electron chi connectivity index (χ2n) is 7.06. The van der Waals surface area contributed by atoms with Gasteiger partial charge < -0.3 is 0 Å². The Balaban J connectivity index is 2.11. The van der Waals surface area contributed by atoms with Gasteiger partial charge in [-0.2, -0.15) is 0 Å². The van der Waals surface area contributed by atoms with Gasteiger partial charge >= 0.3 is 0 Å². The molecule has 2 amide bonds. The topological polar surface area (TPSA) is 37.4 Å². The zero-order valence-electron chi connectivity index (χ0n) is 12.9. The third kappa shape index (κ3) is 1.73. The van der Waals surface area contributed by atoms with Crippen LogP contribution in [-0.2, 0) is 9.59 Å². The summed E-state index contributed by atoms with van der Waals surface area (Å²) in [7, 11) is 0. The minimum absolute atomic E-state index is 0.0834. The van der Waals surface area contributed by atoms with Gasteiger partial charge in [-0.05, 0) is 42.9 Å². The Labute approximate surface area is 130 Å². The monoisotopic (exact) mass is 305 g/mol. The second-order valence-corrected chi connectivity index (χ2v) is 7.46. The molecule has 0 N–H and O–H groups in total. The Bertz CT molecular complexity index is 652. The first-order valence-electron chi connectivity index (χ1n) is 7.35. The highest BCUT2D eigenvalue weighted by Gasteiger charge is 2.64. The van der Waals surface area contributed by atoms with Crippen molar-refractivity contribution in [2.75, 3.05) is 4.90 Å². The number of anilines is 1. The Morgan fingerprint density at radius 3 is 2.52 bits per heavy atom. The minimum Gasteiger partial charge on any atom is -0.274 e. The summed E-state index contributed by atoms with van der Waals surface area (Å²) in [4.78, 5) is 27.2. The van der Waals surface area contributed by atoms with E-state index in [0.29, 0.717) is 10.7 Å². The molecular formula is C17H20ClNO2. The lowest BCUT2D eigenvalue weighted by molar-refractivity contribution is -0.146. The van der Waals surface area contributed by atoms with Gasteiger partial charge in [-0.3, -0.25) is 9.59 Å². The number of amides is 2. The average Bonchev–Trinajstić information content (AvgIpc) is 2.59. The van der Waals surface area contributed by atoms with Gasteiger partial charge in [0.25, 0.3) is 0 Å². The fourth-order valence-electron chi connectivity index (χ4n) is 3.78. The maximum Gasteiger partial charge on any atom is 0.240 e.